The molecule has 0 saturated heterocycles. The van der Waals surface area contributed by atoms with Crippen LogP contribution in [0.2, 0.25) is 0 Å². The van der Waals surface area contributed by atoms with Crippen molar-refractivity contribution in [2.24, 2.45) is 0 Å². The molecule has 0 aliphatic rings. The van der Waals surface area contributed by atoms with Gasteiger partial charge >= 0.3 is 0 Å². The van der Waals surface area contributed by atoms with Crippen LogP contribution >= 0.6 is 0 Å². The normalized spacial score (nSPS) is 10.9. The average molecular weight is 361 g/mol. The maximum absolute atomic E-state index is 12.7. The third-order valence-corrected chi connectivity index (χ3v) is 4.23. The van der Waals surface area contributed by atoms with Gasteiger partial charge in [-0.15, -0.1) is 0 Å². The first kappa shape index (κ1) is 16.8. The summed E-state index contributed by atoms with van der Waals surface area (Å²) in [6, 6.07) is 15.3. The summed E-state index contributed by atoms with van der Waals surface area (Å²) < 4.78 is 7.35. The number of aromatic nitrogens is 4. The molecule has 7 nitrogen and oxygen atoms in total. The Morgan fingerprint density at radius 1 is 1.22 bits per heavy atom. The molecule has 3 heterocycles. The van der Waals surface area contributed by atoms with Gasteiger partial charge in [-0.05, 0) is 31.2 Å². The fraction of sp³-hybridized carbons (Fsp3) is 0.150. The Balaban J connectivity index is 1.46. The quantitative estimate of drug-likeness (QED) is 0.590. The number of para-hydroxylation sites is 1. The van der Waals surface area contributed by atoms with E-state index in [1.54, 1.807) is 28.9 Å². The number of rotatable bonds is 5. The molecule has 0 radical (unpaired) electrons. The molecule has 1 N–H and O–H groups in total. The highest BCUT2D eigenvalue weighted by Gasteiger charge is 2.18. The fourth-order valence-corrected chi connectivity index (χ4v) is 2.84. The van der Waals surface area contributed by atoms with Gasteiger partial charge in [0.2, 0.25) is 0 Å². The van der Waals surface area contributed by atoms with E-state index in [1.165, 1.54) is 0 Å². The largest absolute Gasteiger partial charge is 0.460 e. The third kappa shape index (κ3) is 3.52. The number of hydrogen-bond acceptors (Lipinski definition) is 4. The van der Waals surface area contributed by atoms with E-state index in [-0.39, 0.29) is 5.91 Å². The summed E-state index contributed by atoms with van der Waals surface area (Å²) in [6.07, 6.45) is 3.68. The Hall–Kier alpha value is -3.61. The van der Waals surface area contributed by atoms with E-state index >= 15 is 0 Å². The number of benzene rings is 1. The van der Waals surface area contributed by atoms with Gasteiger partial charge in [0.15, 0.2) is 11.5 Å². The average Bonchev–Trinajstić information content (AvgIpc) is 3.42. The molecule has 0 unspecified atom stereocenters. The highest BCUT2D eigenvalue weighted by molar-refractivity contribution is 5.93. The zero-order chi connectivity index (χ0) is 18.8. The van der Waals surface area contributed by atoms with Gasteiger partial charge < -0.3 is 9.32 Å². The third-order valence-electron chi connectivity index (χ3n) is 4.23. The molecule has 0 spiro atoms. The topological polar surface area (TPSA) is 80.0 Å². The minimum absolute atomic E-state index is 0.173. The van der Waals surface area contributed by atoms with Crippen molar-refractivity contribution in [3.63, 3.8) is 0 Å². The number of carbonyl (C=O) groups excluding carboxylic acids is 1. The van der Waals surface area contributed by atoms with Crippen LogP contribution < -0.4 is 0 Å². The summed E-state index contributed by atoms with van der Waals surface area (Å²) in [4.78, 5) is 14.3. The van der Waals surface area contributed by atoms with Crippen LogP contribution in [0.4, 0.5) is 0 Å². The lowest BCUT2D eigenvalue weighted by Crippen LogP contribution is -2.26. The molecule has 4 aromatic rings. The van der Waals surface area contributed by atoms with Crippen molar-refractivity contribution in [1.82, 2.24) is 24.9 Å². The molecule has 136 valence electrons. The number of amides is 1. The summed E-state index contributed by atoms with van der Waals surface area (Å²) in [7, 11) is 1.74. The Morgan fingerprint density at radius 3 is 2.78 bits per heavy atom. The molecule has 0 atom stereocenters. The minimum atomic E-state index is -0.173. The van der Waals surface area contributed by atoms with Gasteiger partial charge in [-0.25, -0.2) is 4.68 Å². The maximum atomic E-state index is 12.7. The molecule has 0 aliphatic heterocycles. The lowest BCUT2D eigenvalue weighted by Gasteiger charge is -2.14. The standard InChI is InChI=1S/C20H19N5O2/c1-14-8-9-19(27-14)17-10-18(23-22-17)20(26)24(2)12-15-11-21-25(13-15)16-6-4-3-5-7-16/h3-11,13H,12H2,1-2H3,(H,22,23). The number of furan rings is 1. The second kappa shape index (κ2) is 6.95. The monoisotopic (exact) mass is 361 g/mol. The van der Waals surface area contributed by atoms with E-state index in [4.69, 9.17) is 4.42 Å². The smallest absolute Gasteiger partial charge is 0.274 e. The van der Waals surface area contributed by atoms with Gasteiger partial charge in [0.1, 0.15) is 11.5 Å². The molecule has 27 heavy (non-hydrogen) atoms. The van der Waals surface area contributed by atoms with Crippen LogP contribution in [0.5, 0.6) is 0 Å². The summed E-state index contributed by atoms with van der Waals surface area (Å²) in [5, 5.41) is 11.3. The zero-order valence-corrected chi connectivity index (χ0v) is 15.1. The molecular formula is C20H19N5O2. The van der Waals surface area contributed by atoms with Crippen molar-refractivity contribution in [2.75, 3.05) is 7.05 Å². The van der Waals surface area contributed by atoms with Crippen LogP contribution in [0.1, 0.15) is 21.8 Å². The molecule has 7 heteroatoms. The van der Waals surface area contributed by atoms with Crippen LogP contribution in [0, 0.1) is 6.92 Å². The van der Waals surface area contributed by atoms with Crippen LogP contribution in [0.15, 0.2) is 65.3 Å². The summed E-state index contributed by atoms with van der Waals surface area (Å²) >= 11 is 0. The second-order valence-corrected chi connectivity index (χ2v) is 6.37. The van der Waals surface area contributed by atoms with Crippen molar-refractivity contribution in [1.29, 1.82) is 0 Å². The molecule has 3 aromatic heterocycles. The number of carbonyl (C=O) groups is 1. The van der Waals surface area contributed by atoms with E-state index < -0.39 is 0 Å². The predicted octanol–water partition coefficient (Wildman–Crippen LogP) is 3.44. The lowest BCUT2D eigenvalue weighted by molar-refractivity contribution is 0.0779. The first-order chi connectivity index (χ1) is 13.1. The minimum Gasteiger partial charge on any atom is -0.460 e. The van der Waals surface area contributed by atoms with Gasteiger partial charge in [-0.3, -0.25) is 9.89 Å². The van der Waals surface area contributed by atoms with E-state index in [0.717, 1.165) is 17.0 Å². The highest BCUT2D eigenvalue weighted by atomic mass is 16.3. The Labute approximate surface area is 156 Å². The fourth-order valence-electron chi connectivity index (χ4n) is 2.84. The molecule has 0 fully saturated rings. The number of H-pyrrole nitrogens is 1. The zero-order valence-electron chi connectivity index (χ0n) is 15.1. The van der Waals surface area contributed by atoms with Crippen molar-refractivity contribution < 1.29 is 9.21 Å². The number of nitrogens with zero attached hydrogens (tertiary/aromatic N) is 4. The molecule has 4 rings (SSSR count). The molecule has 1 amide bonds. The molecule has 0 bridgehead atoms. The van der Waals surface area contributed by atoms with Gasteiger partial charge in [0.05, 0.1) is 11.9 Å². The predicted molar refractivity (Wildman–Crippen MR) is 100 cm³/mol. The number of aryl methyl sites for hydroxylation is 1. The van der Waals surface area contributed by atoms with E-state index in [1.807, 2.05) is 55.6 Å². The lowest BCUT2D eigenvalue weighted by atomic mass is 10.2. The van der Waals surface area contributed by atoms with Crippen molar-refractivity contribution >= 4 is 5.91 Å². The summed E-state index contributed by atoms with van der Waals surface area (Å²) in [5.41, 5.74) is 2.93. The Morgan fingerprint density at radius 2 is 2.04 bits per heavy atom. The van der Waals surface area contributed by atoms with Crippen LogP contribution in [0.3, 0.4) is 0 Å². The Kier molecular flexibility index (Phi) is 4.33. The first-order valence-electron chi connectivity index (χ1n) is 8.57. The van der Waals surface area contributed by atoms with Gasteiger partial charge in [0.25, 0.3) is 5.91 Å². The van der Waals surface area contributed by atoms with Crippen molar-refractivity contribution in [3.05, 3.63) is 77.9 Å². The van der Waals surface area contributed by atoms with E-state index in [0.29, 0.717) is 23.7 Å². The molecular weight excluding hydrogens is 342 g/mol. The van der Waals surface area contributed by atoms with Crippen molar-refractivity contribution in [3.8, 4) is 17.1 Å². The first-order valence-corrected chi connectivity index (χ1v) is 8.57. The molecule has 0 aliphatic carbocycles. The van der Waals surface area contributed by atoms with Gasteiger partial charge in [-0.2, -0.15) is 10.2 Å². The second-order valence-electron chi connectivity index (χ2n) is 6.37. The summed E-state index contributed by atoms with van der Waals surface area (Å²) in [6.45, 7) is 2.31. The number of nitrogens with one attached hydrogen (secondary N) is 1. The molecule has 1 aromatic carbocycles. The number of aromatic amines is 1. The van der Waals surface area contributed by atoms with Gasteiger partial charge in [-0.1, -0.05) is 18.2 Å². The van der Waals surface area contributed by atoms with Crippen LogP contribution in [0.25, 0.3) is 17.1 Å². The van der Waals surface area contributed by atoms with E-state index in [2.05, 4.69) is 15.3 Å². The number of hydrogen-bond donors (Lipinski definition) is 1. The van der Waals surface area contributed by atoms with Crippen molar-refractivity contribution in [2.45, 2.75) is 13.5 Å². The van der Waals surface area contributed by atoms with Crippen LogP contribution in [-0.2, 0) is 6.54 Å². The maximum Gasteiger partial charge on any atom is 0.274 e. The Bertz CT molecular complexity index is 1060. The van der Waals surface area contributed by atoms with E-state index in [9.17, 15) is 4.79 Å². The van der Waals surface area contributed by atoms with Gasteiger partial charge in [0, 0.05) is 31.4 Å². The van der Waals surface area contributed by atoms with Crippen LogP contribution in [-0.4, -0.2) is 37.8 Å². The summed E-state index contributed by atoms with van der Waals surface area (Å²) in [5.74, 6) is 1.29. The molecule has 0 saturated carbocycles. The highest BCUT2D eigenvalue weighted by Crippen LogP contribution is 2.21. The SMILES string of the molecule is Cc1ccc(-c2cc(C(=O)N(C)Cc3cnn(-c4ccccc4)c3)n[nH]2)o1.